The largest absolute Gasteiger partial charge is 0.330 e. The quantitative estimate of drug-likeness (QED) is 0.781. The fourth-order valence-corrected chi connectivity index (χ4v) is 3.01. The molecule has 0 spiro atoms. The van der Waals surface area contributed by atoms with Crippen LogP contribution in [-0.2, 0) is 0 Å². The summed E-state index contributed by atoms with van der Waals surface area (Å²) in [5.74, 6) is -2.57. The Bertz CT molecular complexity index is 221. The van der Waals surface area contributed by atoms with Crippen molar-refractivity contribution < 1.29 is 8.78 Å². The maximum Gasteiger partial charge on any atom is 0.252 e. The van der Waals surface area contributed by atoms with Gasteiger partial charge in [0.25, 0.3) is 5.92 Å². The number of halogens is 2. The van der Waals surface area contributed by atoms with E-state index in [0.29, 0.717) is 19.5 Å². The molecule has 1 aliphatic heterocycles. The van der Waals surface area contributed by atoms with Crippen LogP contribution in [0.3, 0.4) is 0 Å². The predicted molar refractivity (Wildman–Crippen MR) is 55.9 cm³/mol. The van der Waals surface area contributed by atoms with Crippen molar-refractivity contribution in [3.8, 4) is 0 Å². The maximum atomic E-state index is 13.6. The van der Waals surface area contributed by atoms with E-state index in [2.05, 4.69) is 4.90 Å². The van der Waals surface area contributed by atoms with Crippen LogP contribution >= 0.6 is 0 Å². The van der Waals surface area contributed by atoms with Gasteiger partial charge in [0, 0.05) is 25.4 Å². The summed E-state index contributed by atoms with van der Waals surface area (Å²) in [6.07, 6.45) is 2.70. The summed E-state index contributed by atoms with van der Waals surface area (Å²) < 4.78 is 27.2. The summed E-state index contributed by atoms with van der Waals surface area (Å²) in [6.45, 7) is 2.99. The van der Waals surface area contributed by atoms with Crippen LogP contribution in [0.25, 0.3) is 0 Å². The van der Waals surface area contributed by atoms with Gasteiger partial charge in [-0.2, -0.15) is 0 Å². The second-order valence-corrected chi connectivity index (χ2v) is 4.92. The average molecular weight is 218 g/mol. The van der Waals surface area contributed by atoms with Crippen molar-refractivity contribution in [1.29, 1.82) is 0 Å². The first-order valence-electron chi connectivity index (χ1n) is 5.94. The molecule has 2 aliphatic rings. The van der Waals surface area contributed by atoms with Gasteiger partial charge in [-0.25, -0.2) is 8.78 Å². The zero-order valence-electron chi connectivity index (χ0n) is 9.09. The van der Waals surface area contributed by atoms with Crippen LogP contribution in [0.2, 0.25) is 0 Å². The molecule has 1 saturated carbocycles. The minimum absolute atomic E-state index is 0.0961. The molecule has 0 amide bonds. The Morgan fingerprint density at radius 2 is 2.13 bits per heavy atom. The molecule has 0 unspecified atom stereocenters. The van der Waals surface area contributed by atoms with E-state index in [9.17, 15) is 8.78 Å². The van der Waals surface area contributed by atoms with Crippen LogP contribution < -0.4 is 5.73 Å². The first kappa shape index (κ1) is 11.3. The van der Waals surface area contributed by atoms with Crippen molar-refractivity contribution in [2.24, 2.45) is 17.6 Å². The van der Waals surface area contributed by atoms with Crippen LogP contribution in [0, 0.1) is 11.8 Å². The van der Waals surface area contributed by atoms with Gasteiger partial charge in [-0.3, -0.25) is 0 Å². The minimum atomic E-state index is -2.42. The Hall–Kier alpha value is -0.220. The lowest BCUT2D eigenvalue weighted by Gasteiger charge is -2.32. The van der Waals surface area contributed by atoms with E-state index < -0.39 is 5.92 Å². The molecule has 2 nitrogen and oxygen atoms in total. The summed E-state index contributed by atoms with van der Waals surface area (Å²) in [6, 6.07) is 0. The van der Waals surface area contributed by atoms with Crippen LogP contribution in [0.4, 0.5) is 8.78 Å². The lowest BCUT2D eigenvalue weighted by molar-refractivity contribution is -0.0945. The zero-order valence-corrected chi connectivity index (χ0v) is 9.09. The third-order valence-corrected chi connectivity index (χ3v) is 3.82. The van der Waals surface area contributed by atoms with E-state index in [-0.39, 0.29) is 18.3 Å². The molecule has 4 heteroatoms. The van der Waals surface area contributed by atoms with Gasteiger partial charge in [0.1, 0.15) is 0 Å². The van der Waals surface area contributed by atoms with Gasteiger partial charge in [-0.15, -0.1) is 0 Å². The van der Waals surface area contributed by atoms with E-state index in [1.165, 1.54) is 0 Å². The molecule has 0 bridgehead atoms. The first-order chi connectivity index (χ1) is 7.13. The number of hydrogen-bond acceptors (Lipinski definition) is 2. The Balaban J connectivity index is 1.93. The van der Waals surface area contributed by atoms with E-state index in [4.69, 9.17) is 5.73 Å². The molecule has 0 aromatic rings. The van der Waals surface area contributed by atoms with Crippen LogP contribution in [-0.4, -0.2) is 37.0 Å². The smallest absolute Gasteiger partial charge is 0.252 e. The maximum absolute atomic E-state index is 13.6. The molecule has 88 valence electrons. The summed E-state index contributed by atoms with van der Waals surface area (Å²) >= 11 is 0. The Morgan fingerprint density at radius 1 is 1.33 bits per heavy atom. The molecule has 0 aromatic heterocycles. The van der Waals surface area contributed by atoms with Gasteiger partial charge in [0.05, 0.1) is 0 Å². The molecule has 2 fully saturated rings. The Labute approximate surface area is 89.8 Å². The number of rotatable bonds is 3. The van der Waals surface area contributed by atoms with Crippen molar-refractivity contribution in [2.75, 3.05) is 26.2 Å². The fraction of sp³-hybridized carbons (Fsp3) is 1.00. The first-order valence-corrected chi connectivity index (χ1v) is 5.94. The molecular formula is C11H20F2N2. The topological polar surface area (TPSA) is 29.3 Å². The number of alkyl halides is 2. The molecule has 2 N–H and O–H groups in total. The van der Waals surface area contributed by atoms with Crippen molar-refractivity contribution in [1.82, 2.24) is 4.90 Å². The molecule has 1 saturated heterocycles. The average Bonchev–Trinajstić information content (AvgIpc) is 2.59. The number of hydrogen-bond donors (Lipinski definition) is 1. The summed E-state index contributed by atoms with van der Waals surface area (Å²) in [4.78, 5) is 2.17. The molecule has 1 aliphatic carbocycles. The zero-order chi connectivity index (χ0) is 10.9. The number of likely N-dealkylation sites (tertiary alicyclic amines) is 1. The van der Waals surface area contributed by atoms with E-state index in [1.807, 2.05) is 0 Å². The summed E-state index contributed by atoms with van der Waals surface area (Å²) in [7, 11) is 0. The van der Waals surface area contributed by atoms with E-state index in [0.717, 1.165) is 25.9 Å². The number of nitrogens with two attached hydrogens (primary N) is 1. The molecule has 1 heterocycles. The molecule has 0 radical (unpaired) electrons. The second kappa shape index (κ2) is 4.34. The highest BCUT2D eigenvalue weighted by Crippen LogP contribution is 2.45. The molecule has 2 rings (SSSR count). The van der Waals surface area contributed by atoms with Crippen LogP contribution in [0.5, 0.6) is 0 Å². The molecular weight excluding hydrogens is 198 g/mol. The Kier molecular flexibility index (Phi) is 3.26. The fourth-order valence-electron chi connectivity index (χ4n) is 3.01. The summed E-state index contributed by atoms with van der Waals surface area (Å²) in [5, 5.41) is 0. The van der Waals surface area contributed by atoms with Crippen molar-refractivity contribution in [2.45, 2.75) is 31.6 Å². The second-order valence-electron chi connectivity index (χ2n) is 4.92. The van der Waals surface area contributed by atoms with Gasteiger partial charge in [0.15, 0.2) is 0 Å². The van der Waals surface area contributed by atoms with Crippen molar-refractivity contribution in [3.63, 3.8) is 0 Å². The van der Waals surface area contributed by atoms with E-state index in [1.54, 1.807) is 0 Å². The van der Waals surface area contributed by atoms with Crippen LogP contribution in [0.15, 0.2) is 0 Å². The van der Waals surface area contributed by atoms with Gasteiger partial charge >= 0.3 is 0 Å². The number of nitrogens with zero attached hydrogens (tertiary/aromatic N) is 1. The standard InChI is InChI=1S/C11H20F2N2/c12-11(13)4-1-3-9-7-15(6-2-5-14)8-10(9)11/h9-10H,1-8,14H2/t9-,10-/m1/s1. The number of fused-ring (bicyclic) bond motifs is 1. The summed E-state index contributed by atoms with van der Waals surface area (Å²) in [5.41, 5.74) is 5.43. The lowest BCUT2D eigenvalue weighted by atomic mass is 9.79. The van der Waals surface area contributed by atoms with E-state index >= 15 is 0 Å². The molecule has 0 aromatic carbocycles. The molecule has 15 heavy (non-hydrogen) atoms. The monoisotopic (exact) mass is 218 g/mol. The predicted octanol–water partition coefficient (Wildman–Crippen LogP) is 1.70. The normalized spacial score (nSPS) is 35.4. The van der Waals surface area contributed by atoms with Crippen LogP contribution in [0.1, 0.15) is 25.7 Å². The van der Waals surface area contributed by atoms with Crippen molar-refractivity contribution in [3.05, 3.63) is 0 Å². The Morgan fingerprint density at radius 3 is 2.80 bits per heavy atom. The third-order valence-electron chi connectivity index (χ3n) is 3.82. The molecule has 2 atom stereocenters. The highest BCUT2D eigenvalue weighted by Gasteiger charge is 2.50. The van der Waals surface area contributed by atoms with Gasteiger partial charge in [-0.1, -0.05) is 0 Å². The lowest BCUT2D eigenvalue weighted by Crippen LogP contribution is -2.37. The van der Waals surface area contributed by atoms with Gasteiger partial charge in [0.2, 0.25) is 0 Å². The van der Waals surface area contributed by atoms with Crippen molar-refractivity contribution >= 4 is 0 Å². The van der Waals surface area contributed by atoms with Gasteiger partial charge in [-0.05, 0) is 38.3 Å². The van der Waals surface area contributed by atoms with Gasteiger partial charge < -0.3 is 10.6 Å². The third kappa shape index (κ3) is 2.31. The minimum Gasteiger partial charge on any atom is -0.330 e. The highest BCUT2D eigenvalue weighted by molar-refractivity contribution is 4.95. The highest BCUT2D eigenvalue weighted by atomic mass is 19.3. The SMILES string of the molecule is NCCCN1C[C@H]2CCCC(F)(F)[C@@H]2C1.